The second-order valence-electron chi connectivity index (χ2n) is 5.67. The zero-order valence-corrected chi connectivity index (χ0v) is 11.8. The van der Waals surface area contributed by atoms with Crippen LogP contribution in [0.15, 0.2) is 42.5 Å². The van der Waals surface area contributed by atoms with Crippen LogP contribution in [0.25, 0.3) is 0 Å². The standard InChI is InChI=1S/C18H20FN/c1-13-6-11-17(19)15(12-13)8-10-16-9-7-14-4-2-3-5-18(14)20-16/h2-6,11-12,16,20H,7-10H2,1H3. The molecule has 1 nitrogen and oxygen atoms in total. The molecule has 2 aromatic rings. The molecule has 1 atom stereocenters. The molecular formula is C18H20FN. The van der Waals surface area contributed by atoms with Crippen molar-refractivity contribution in [2.45, 2.75) is 38.6 Å². The van der Waals surface area contributed by atoms with Crippen molar-refractivity contribution in [2.75, 3.05) is 5.32 Å². The number of hydrogen-bond acceptors (Lipinski definition) is 1. The highest BCUT2D eigenvalue weighted by Gasteiger charge is 2.17. The summed E-state index contributed by atoms with van der Waals surface area (Å²) in [5, 5.41) is 3.58. The molecule has 0 fully saturated rings. The predicted molar refractivity (Wildman–Crippen MR) is 81.6 cm³/mol. The lowest BCUT2D eigenvalue weighted by Gasteiger charge is -2.27. The predicted octanol–water partition coefficient (Wildman–Crippen LogP) is 4.49. The van der Waals surface area contributed by atoms with Gasteiger partial charge in [0, 0.05) is 11.7 Å². The largest absolute Gasteiger partial charge is 0.382 e. The van der Waals surface area contributed by atoms with Crippen LogP contribution in [0.2, 0.25) is 0 Å². The molecule has 0 saturated heterocycles. The van der Waals surface area contributed by atoms with Crippen LogP contribution < -0.4 is 5.32 Å². The SMILES string of the molecule is Cc1ccc(F)c(CCC2CCc3ccccc3N2)c1. The molecule has 20 heavy (non-hydrogen) atoms. The number of hydrogen-bond donors (Lipinski definition) is 1. The molecule has 0 bridgehead atoms. The van der Waals surface area contributed by atoms with E-state index in [1.54, 1.807) is 6.07 Å². The topological polar surface area (TPSA) is 12.0 Å². The first-order chi connectivity index (χ1) is 9.72. The van der Waals surface area contributed by atoms with E-state index in [4.69, 9.17) is 0 Å². The van der Waals surface area contributed by atoms with Gasteiger partial charge in [0.2, 0.25) is 0 Å². The molecule has 1 unspecified atom stereocenters. The van der Waals surface area contributed by atoms with Gasteiger partial charge >= 0.3 is 0 Å². The van der Waals surface area contributed by atoms with Crippen molar-refractivity contribution in [1.82, 2.24) is 0 Å². The molecule has 3 rings (SSSR count). The van der Waals surface area contributed by atoms with Gasteiger partial charge in [0.15, 0.2) is 0 Å². The monoisotopic (exact) mass is 269 g/mol. The number of para-hydroxylation sites is 1. The van der Waals surface area contributed by atoms with E-state index < -0.39 is 0 Å². The van der Waals surface area contributed by atoms with Gasteiger partial charge in [0.05, 0.1) is 0 Å². The number of benzene rings is 2. The summed E-state index contributed by atoms with van der Waals surface area (Å²) in [6.45, 7) is 2.01. The van der Waals surface area contributed by atoms with Crippen LogP contribution in [-0.4, -0.2) is 6.04 Å². The van der Waals surface area contributed by atoms with Crippen molar-refractivity contribution < 1.29 is 4.39 Å². The fourth-order valence-corrected chi connectivity index (χ4v) is 2.94. The average molecular weight is 269 g/mol. The molecule has 1 aliphatic heterocycles. The average Bonchev–Trinajstić information content (AvgIpc) is 2.48. The summed E-state index contributed by atoms with van der Waals surface area (Å²) in [5.74, 6) is -0.0770. The van der Waals surface area contributed by atoms with Gasteiger partial charge in [-0.05, 0) is 55.9 Å². The molecule has 0 amide bonds. The van der Waals surface area contributed by atoms with E-state index in [2.05, 4.69) is 29.6 Å². The van der Waals surface area contributed by atoms with Crippen molar-refractivity contribution in [3.05, 3.63) is 65.0 Å². The van der Waals surface area contributed by atoms with Crippen LogP contribution in [0.4, 0.5) is 10.1 Å². The summed E-state index contributed by atoms with van der Waals surface area (Å²) >= 11 is 0. The maximum atomic E-state index is 13.7. The fourth-order valence-electron chi connectivity index (χ4n) is 2.94. The summed E-state index contributed by atoms with van der Waals surface area (Å²) in [7, 11) is 0. The van der Waals surface area contributed by atoms with E-state index in [1.807, 2.05) is 19.1 Å². The smallest absolute Gasteiger partial charge is 0.126 e. The molecule has 104 valence electrons. The van der Waals surface area contributed by atoms with Gasteiger partial charge in [-0.15, -0.1) is 0 Å². The highest BCUT2D eigenvalue weighted by atomic mass is 19.1. The Labute approximate surface area is 119 Å². The van der Waals surface area contributed by atoms with E-state index in [1.165, 1.54) is 11.3 Å². The van der Waals surface area contributed by atoms with Gasteiger partial charge in [-0.3, -0.25) is 0 Å². The second-order valence-corrected chi connectivity index (χ2v) is 5.67. The first-order valence-electron chi connectivity index (χ1n) is 7.32. The van der Waals surface area contributed by atoms with Crippen molar-refractivity contribution in [3.8, 4) is 0 Å². The molecular weight excluding hydrogens is 249 g/mol. The second kappa shape index (κ2) is 5.66. The van der Waals surface area contributed by atoms with Gasteiger partial charge in [-0.25, -0.2) is 4.39 Å². The Balaban J connectivity index is 1.64. The van der Waals surface area contributed by atoms with Gasteiger partial charge in [0.25, 0.3) is 0 Å². The summed E-state index contributed by atoms with van der Waals surface area (Å²) in [5.41, 5.74) is 4.60. The van der Waals surface area contributed by atoms with Gasteiger partial charge < -0.3 is 5.32 Å². The van der Waals surface area contributed by atoms with E-state index in [0.29, 0.717) is 6.04 Å². The number of rotatable bonds is 3. The Bertz CT molecular complexity index is 606. The summed E-state index contributed by atoms with van der Waals surface area (Å²) in [6, 6.07) is 14.3. The first-order valence-corrected chi connectivity index (χ1v) is 7.32. The molecule has 1 aliphatic rings. The number of anilines is 1. The molecule has 0 radical (unpaired) electrons. The number of fused-ring (bicyclic) bond motifs is 1. The normalized spacial score (nSPS) is 17.4. The summed E-state index contributed by atoms with van der Waals surface area (Å²) < 4.78 is 13.7. The lowest BCUT2D eigenvalue weighted by atomic mass is 9.94. The van der Waals surface area contributed by atoms with Gasteiger partial charge in [0.1, 0.15) is 5.82 Å². The Morgan fingerprint density at radius 3 is 2.95 bits per heavy atom. The molecule has 2 aromatic carbocycles. The lowest BCUT2D eigenvalue weighted by molar-refractivity contribution is 0.562. The maximum Gasteiger partial charge on any atom is 0.126 e. The molecule has 0 aliphatic carbocycles. The van der Waals surface area contributed by atoms with Crippen LogP contribution in [0.1, 0.15) is 29.5 Å². The van der Waals surface area contributed by atoms with E-state index in [9.17, 15) is 4.39 Å². The minimum absolute atomic E-state index is 0.0770. The quantitative estimate of drug-likeness (QED) is 0.865. The van der Waals surface area contributed by atoms with Crippen molar-refractivity contribution in [3.63, 3.8) is 0 Å². The molecule has 1 heterocycles. The van der Waals surface area contributed by atoms with Gasteiger partial charge in [-0.2, -0.15) is 0 Å². The number of aryl methyl sites for hydroxylation is 3. The third-order valence-electron chi connectivity index (χ3n) is 4.10. The minimum atomic E-state index is -0.0770. The van der Waals surface area contributed by atoms with E-state index in [0.717, 1.165) is 36.8 Å². The van der Waals surface area contributed by atoms with Crippen LogP contribution >= 0.6 is 0 Å². The maximum absolute atomic E-state index is 13.7. The van der Waals surface area contributed by atoms with Crippen LogP contribution in [-0.2, 0) is 12.8 Å². The first kappa shape index (κ1) is 13.2. The van der Waals surface area contributed by atoms with Crippen molar-refractivity contribution in [1.29, 1.82) is 0 Å². The van der Waals surface area contributed by atoms with Crippen LogP contribution in [0, 0.1) is 12.7 Å². The summed E-state index contributed by atoms with van der Waals surface area (Å²) in [4.78, 5) is 0. The third-order valence-corrected chi connectivity index (χ3v) is 4.10. The van der Waals surface area contributed by atoms with Crippen LogP contribution in [0.3, 0.4) is 0 Å². The molecule has 0 saturated carbocycles. The highest BCUT2D eigenvalue weighted by molar-refractivity contribution is 5.53. The molecule has 1 N–H and O–H groups in total. The molecule has 0 aromatic heterocycles. The lowest BCUT2D eigenvalue weighted by Crippen LogP contribution is -2.26. The zero-order chi connectivity index (χ0) is 13.9. The zero-order valence-electron chi connectivity index (χ0n) is 11.8. The van der Waals surface area contributed by atoms with E-state index in [-0.39, 0.29) is 5.82 Å². The number of nitrogens with one attached hydrogen (secondary N) is 1. The Morgan fingerprint density at radius 1 is 1.20 bits per heavy atom. The number of halogens is 1. The Morgan fingerprint density at radius 2 is 2.05 bits per heavy atom. The van der Waals surface area contributed by atoms with Crippen molar-refractivity contribution in [2.24, 2.45) is 0 Å². The Kier molecular flexibility index (Phi) is 3.72. The fraction of sp³-hybridized carbons (Fsp3) is 0.333. The van der Waals surface area contributed by atoms with Gasteiger partial charge in [-0.1, -0.05) is 35.9 Å². The van der Waals surface area contributed by atoms with E-state index >= 15 is 0 Å². The van der Waals surface area contributed by atoms with Crippen LogP contribution in [0.5, 0.6) is 0 Å². The van der Waals surface area contributed by atoms with Crippen molar-refractivity contribution >= 4 is 5.69 Å². The molecule has 0 spiro atoms. The molecule has 2 heteroatoms. The highest BCUT2D eigenvalue weighted by Crippen LogP contribution is 2.26. The minimum Gasteiger partial charge on any atom is -0.382 e. The Hall–Kier alpha value is -1.83. The third kappa shape index (κ3) is 2.84. The summed E-state index contributed by atoms with van der Waals surface area (Å²) in [6.07, 6.45) is 4.02.